The molecule has 4 rings (SSSR count). The summed E-state index contributed by atoms with van der Waals surface area (Å²) in [6, 6.07) is 20.8. The predicted molar refractivity (Wildman–Crippen MR) is 157 cm³/mol. The highest BCUT2D eigenvalue weighted by Crippen LogP contribution is 2.51. The van der Waals surface area contributed by atoms with Gasteiger partial charge in [-0.15, -0.1) is 0 Å². The number of benzene rings is 3. The molecule has 1 atom stereocenters. The van der Waals surface area contributed by atoms with E-state index in [9.17, 15) is 0 Å². The maximum Gasteiger partial charge on any atom is 0.122 e. The van der Waals surface area contributed by atoms with E-state index in [4.69, 9.17) is 4.74 Å². The number of rotatable bonds is 7. The van der Waals surface area contributed by atoms with Crippen LogP contribution in [-0.4, -0.2) is 14.7 Å². The molecule has 0 aromatic heterocycles. The smallest absolute Gasteiger partial charge is 0.122 e. The Morgan fingerprint density at radius 2 is 1.66 bits per heavy atom. The van der Waals surface area contributed by atoms with Crippen LogP contribution < -0.4 is 9.92 Å². The minimum absolute atomic E-state index is 0.00345. The van der Waals surface area contributed by atoms with Crippen LogP contribution in [0.2, 0.25) is 12.1 Å². The molecular weight excluding hydrogens is 440 g/mol. The zero-order valence-electron chi connectivity index (χ0n) is 23.0. The van der Waals surface area contributed by atoms with Crippen LogP contribution in [0.25, 0.3) is 16.3 Å². The minimum atomic E-state index is -2.08. The molecule has 0 heterocycles. The summed E-state index contributed by atoms with van der Waals surface area (Å²) in [5, 5.41) is 4.22. The maximum atomic E-state index is 6.59. The molecule has 184 valence electrons. The molecule has 0 spiro atoms. The van der Waals surface area contributed by atoms with Gasteiger partial charge in [0.05, 0.1) is 0 Å². The number of hydrogen-bond donors (Lipinski definition) is 0. The Kier molecular flexibility index (Phi) is 6.90. The second-order valence-electron chi connectivity index (χ2n) is 11.4. The van der Waals surface area contributed by atoms with E-state index in [0.29, 0.717) is 12.1 Å². The molecule has 3 aromatic carbocycles. The van der Waals surface area contributed by atoms with E-state index < -0.39 is 8.07 Å². The predicted octanol–water partition coefficient (Wildman–Crippen LogP) is 8.84. The van der Waals surface area contributed by atoms with E-state index in [-0.39, 0.29) is 5.41 Å². The van der Waals surface area contributed by atoms with Crippen LogP contribution in [0, 0.1) is 6.92 Å². The van der Waals surface area contributed by atoms with Crippen molar-refractivity contribution < 1.29 is 4.74 Å². The number of hydrogen-bond acceptors (Lipinski definition) is 1. The summed E-state index contributed by atoms with van der Waals surface area (Å²) in [6.45, 7) is 23.3. The number of allylic oxidation sites excluding steroid dienone is 2. The lowest BCUT2D eigenvalue weighted by Gasteiger charge is -2.40. The van der Waals surface area contributed by atoms with Crippen molar-refractivity contribution in [1.82, 2.24) is 0 Å². The van der Waals surface area contributed by atoms with E-state index in [0.717, 1.165) is 5.75 Å². The Balaban J connectivity index is 2.06. The molecule has 35 heavy (non-hydrogen) atoms. The molecular formula is C33H42OSi. The molecule has 0 N–H and O–H groups in total. The molecule has 0 saturated carbocycles. The maximum absolute atomic E-state index is 6.59. The van der Waals surface area contributed by atoms with Gasteiger partial charge < -0.3 is 4.74 Å². The second kappa shape index (κ2) is 9.46. The van der Waals surface area contributed by atoms with Crippen LogP contribution in [0.15, 0.2) is 66.8 Å². The van der Waals surface area contributed by atoms with Gasteiger partial charge in [-0.25, -0.2) is 0 Å². The lowest BCUT2D eigenvalue weighted by molar-refractivity contribution is 0.353. The van der Waals surface area contributed by atoms with Crippen molar-refractivity contribution in [3.63, 3.8) is 0 Å². The molecule has 1 nitrogen and oxygen atoms in total. The molecule has 2 heteroatoms. The highest BCUT2D eigenvalue weighted by atomic mass is 28.3. The van der Waals surface area contributed by atoms with Crippen molar-refractivity contribution in [3.05, 3.63) is 89.0 Å². The Hall–Kier alpha value is -2.58. The van der Waals surface area contributed by atoms with Crippen molar-refractivity contribution in [1.29, 1.82) is 0 Å². The van der Waals surface area contributed by atoms with Crippen LogP contribution in [0.5, 0.6) is 5.75 Å². The molecule has 3 aromatic rings. The standard InChI is InChI=1S/C33H42OSi/c1-10-19-34-31-28(33(7,8)9)20-22(4)21-29(31)35(11-2,12-3)32-24(6)23(5)30-26-16-14-13-15-25(26)17-18-27(30)32/h10,13-18,20-21,32H,1,11-12,19H2,2-9H3. The Morgan fingerprint density at radius 3 is 2.29 bits per heavy atom. The third kappa shape index (κ3) is 4.10. The first-order valence-corrected chi connectivity index (χ1v) is 15.7. The van der Waals surface area contributed by atoms with E-state index in [2.05, 4.69) is 110 Å². The Bertz CT molecular complexity index is 1300. The van der Waals surface area contributed by atoms with Gasteiger partial charge in [-0.05, 0) is 64.4 Å². The first-order valence-electron chi connectivity index (χ1n) is 13.2. The first-order chi connectivity index (χ1) is 16.6. The highest BCUT2D eigenvalue weighted by molar-refractivity contribution is 6.94. The minimum Gasteiger partial charge on any atom is -0.489 e. The lowest BCUT2D eigenvalue weighted by atomic mass is 9.85. The summed E-state index contributed by atoms with van der Waals surface area (Å²) in [7, 11) is -2.08. The van der Waals surface area contributed by atoms with Gasteiger partial charge in [0.1, 0.15) is 20.4 Å². The van der Waals surface area contributed by atoms with Gasteiger partial charge in [-0.3, -0.25) is 0 Å². The largest absolute Gasteiger partial charge is 0.489 e. The molecule has 0 aliphatic heterocycles. The summed E-state index contributed by atoms with van der Waals surface area (Å²) < 4.78 is 6.59. The number of ether oxygens (including phenoxy) is 1. The van der Waals surface area contributed by atoms with Gasteiger partial charge >= 0.3 is 0 Å². The normalized spacial score (nSPS) is 16.1. The summed E-state index contributed by atoms with van der Waals surface area (Å²) in [6.07, 6.45) is 1.88. The van der Waals surface area contributed by atoms with E-state index in [1.165, 1.54) is 55.9 Å². The van der Waals surface area contributed by atoms with Crippen molar-refractivity contribution in [2.24, 2.45) is 0 Å². The molecule has 0 radical (unpaired) electrons. The zero-order valence-corrected chi connectivity index (χ0v) is 24.0. The third-order valence-corrected chi connectivity index (χ3v) is 14.2. The lowest BCUT2D eigenvalue weighted by Crippen LogP contribution is -2.53. The highest BCUT2D eigenvalue weighted by Gasteiger charge is 2.48. The fourth-order valence-corrected chi connectivity index (χ4v) is 11.9. The molecule has 1 aliphatic rings. The van der Waals surface area contributed by atoms with Crippen molar-refractivity contribution >= 4 is 29.6 Å². The van der Waals surface area contributed by atoms with Crippen molar-refractivity contribution in [2.75, 3.05) is 6.61 Å². The molecule has 0 saturated heterocycles. The Labute approximate surface area is 213 Å². The van der Waals surface area contributed by atoms with Crippen LogP contribution in [0.1, 0.15) is 76.3 Å². The van der Waals surface area contributed by atoms with Gasteiger partial charge in [-0.1, -0.05) is 119 Å². The number of aryl methyl sites for hydroxylation is 1. The van der Waals surface area contributed by atoms with Crippen molar-refractivity contribution in [3.8, 4) is 5.75 Å². The average Bonchev–Trinajstić information content (AvgIpc) is 3.10. The van der Waals surface area contributed by atoms with Crippen LogP contribution in [-0.2, 0) is 5.41 Å². The van der Waals surface area contributed by atoms with Crippen LogP contribution >= 0.6 is 0 Å². The first kappa shape index (κ1) is 25.5. The quantitative estimate of drug-likeness (QED) is 0.241. The summed E-state index contributed by atoms with van der Waals surface area (Å²) in [5.41, 5.74) is 9.15. The molecule has 0 bridgehead atoms. The monoisotopic (exact) mass is 482 g/mol. The Morgan fingerprint density at radius 1 is 0.971 bits per heavy atom. The topological polar surface area (TPSA) is 9.23 Å². The summed E-state index contributed by atoms with van der Waals surface area (Å²) in [5.74, 6) is 1.12. The van der Waals surface area contributed by atoms with E-state index >= 15 is 0 Å². The van der Waals surface area contributed by atoms with Crippen LogP contribution in [0.4, 0.5) is 0 Å². The molecule has 1 unspecified atom stereocenters. The average molecular weight is 483 g/mol. The molecule has 0 amide bonds. The second-order valence-corrected chi connectivity index (χ2v) is 16.2. The van der Waals surface area contributed by atoms with Gasteiger partial charge in [0.15, 0.2) is 0 Å². The van der Waals surface area contributed by atoms with Crippen LogP contribution in [0.3, 0.4) is 0 Å². The van der Waals surface area contributed by atoms with E-state index in [1.807, 2.05) is 6.08 Å². The fraction of sp³-hybridized carbons (Fsp3) is 0.394. The van der Waals surface area contributed by atoms with Gasteiger partial charge in [0.2, 0.25) is 0 Å². The van der Waals surface area contributed by atoms with Gasteiger partial charge in [0.25, 0.3) is 0 Å². The molecule has 0 fully saturated rings. The zero-order chi connectivity index (χ0) is 25.5. The summed E-state index contributed by atoms with van der Waals surface area (Å²) >= 11 is 0. The summed E-state index contributed by atoms with van der Waals surface area (Å²) in [4.78, 5) is 0. The number of fused-ring (bicyclic) bond motifs is 3. The van der Waals surface area contributed by atoms with E-state index in [1.54, 1.807) is 5.57 Å². The van der Waals surface area contributed by atoms with Crippen molar-refractivity contribution in [2.45, 2.75) is 78.4 Å². The SMILES string of the molecule is C=CCOc1c(C(C)(C)C)cc(C)cc1[Si](CC)(CC)C1C(C)=C(C)c2c1ccc1ccccc21. The van der Waals surface area contributed by atoms with Gasteiger partial charge in [-0.2, -0.15) is 0 Å². The molecule has 1 aliphatic carbocycles. The third-order valence-electron chi connectivity index (χ3n) is 8.41. The van der Waals surface area contributed by atoms with Gasteiger partial charge in [0, 0.05) is 5.54 Å². The fourth-order valence-electron chi connectivity index (χ4n) is 6.50.